The number of rotatable bonds is 55. The van der Waals surface area contributed by atoms with Gasteiger partial charge in [0.25, 0.3) is 0 Å². The van der Waals surface area contributed by atoms with Crippen LogP contribution in [0, 0.1) is 0 Å². The first-order valence-electron chi connectivity index (χ1n) is 30.1. The summed E-state index contributed by atoms with van der Waals surface area (Å²) in [4.78, 5) is 38.1. The second-order valence-electron chi connectivity index (χ2n) is 20.3. The van der Waals surface area contributed by atoms with Crippen molar-refractivity contribution >= 4 is 17.9 Å². The maximum atomic E-state index is 12.8. The van der Waals surface area contributed by atoms with Crippen molar-refractivity contribution in [1.82, 2.24) is 0 Å². The monoisotopic (exact) mass is 967 g/mol. The van der Waals surface area contributed by atoms with Gasteiger partial charge in [-0.15, -0.1) is 0 Å². The molecule has 0 aliphatic rings. The van der Waals surface area contributed by atoms with Crippen molar-refractivity contribution in [3.05, 3.63) is 48.6 Å². The van der Waals surface area contributed by atoms with Crippen molar-refractivity contribution in [2.75, 3.05) is 13.2 Å². The molecule has 1 atom stereocenters. The SMILES string of the molecule is CCCCCCC/C=C\C/C=C\C/C=C\CCCCCCCCCCCCC(=O)OCC(COC(=O)CCCCCCCCCCCCC)OC(=O)CCCCCCC/C=C\CCCCCCCC. The van der Waals surface area contributed by atoms with Crippen LogP contribution in [0.3, 0.4) is 0 Å². The second-order valence-corrected chi connectivity index (χ2v) is 20.3. The Morgan fingerprint density at radius 3 is 0.826 bits per heavy atom. The van der Waals surface area contributed by atoms with Gasteiger partial charge in [-0.25, -0.2) is 0 Å². The van der Waals surface area contributed by atoms with E-state index in [1.54, 1.807) is 0 Å². The predicted molar refractivity (Wildman–Crippen MR) is 298 cm³/mol. The number of ether oxygens (including phenoxy) is 3. The van der Waals surface area contributed by atoms with Crippen molar-refractivity contribution in [2.45, 2.75) is 322 Å². The van der Waals surface area contributed by atoms with Gasteiger partial charge in [-0.05, 0) is 83.5 Å². The first kappa shape index (κ1) is 66.4. The van der Waals surface area contributed by atoms with Crippen LogP contribution in [0.1, 0.15) is 316 Å². The molecule has 0 heterocycles. The third-order valence-corrected chi connectivity index (χ3v) is 13.3. The van der Waals surface area contributed by atoms with Gasteiger partial charge in [0.1, 0.15) is 13.2 Å². The maximum Gasteiger partial charge on any atom is 0.306 e. The van der Waals surface area contributed by atoms with Crippen LogP contribution in [0.4, 0.5) is 0 Å². The summed E-state index contributed by atoms with van der Waals surface area (Å²) in [5.74, 6) is -0.873. The van der Waals surface area contributed by atoms with Crippen LogP contribution in [-0.2, 0) is 28.6 Å². The predicted octanol–water partition coefficient (Wildman–Crippen LogP) is 20.2. The van der Waals surface area contributed by atoms with E-state index in [2.05, 4.69) is 69.4 Å². The van der Waals surface area contributed by atoms with E-state index < -0.39 is 6.10 Å². The molecule has 0 aromatic heterocycles. The summed E-state index contributed by atoms with van der Waals surface area (Å²) >= 11 is 0. The number of hydrogen-bond donors (Lipinski definition) is 0. The van der Waals surface area contributed by atoms with E-state index in [4.69, 9.17) is 14.2 Å². The van der Waals surface area contributed by atoms with Crippen LogP contribution in [0.2, 0.25) is 0 Å². The molecule has 0 fully saturated rings. The Bertz CT molecular complexity index is 1200. The minimum atomic E-state index is -0.776. The van der Waals surface area contributed by atoms with E-state index in [0.29, 0.717) is 19.3 Å². The molecule has 0 N–H and O–H groups in total. The summed E-state index contributed by atoms with van der Waals surface area (Å²) in [5.41, 5.74) is 0. The fraction of sp³-hybridized carbons (Fsp3) is 0.825. The molecule has 0 aromatic rings. The lowest BCUT2D eigenvalue weighted by atomic mass is 10.1. The summed E-state index contributed by atoms with van der Waals surface area (Å²) < 4.78 is 16.9. The van der Waals surface area contributed by atoms with Crippen molar-refractivity contribution < 1.29 is 28.6 Å². The third-order valence-electron chi connectivity index (χ3n) is 13.3. The van der Waals surface area contributed by atoms with Gasteiger partial charge in [0.05, 0.1) is 0 Å². The normalized spacial score (nSPS) is 12.3. The molecular weight excluding hydrogens is 853 g/mol. The maximum absolute atomic E-state index is 12.8. The number of carbonyl (C=O) groups excluding carboxylic acids is 3. The first-order chi connectivity index (χ1) is 34.0. The van der Waals surface area contributed by atoms with Gasteiger partial charge in [0.2, 0.25) is 0 Å². The van der Waals surface area contributed by atoms with Crippen molar-refractivity contribution in [2.24, 2.45) is 0 Å². The molecule has 0 bridgehead atoms. The molecule has 402 valence electrons. The van der Waals surface area contributed by atoms with E-state index in [9.17, 15) is 14.4 Å². The van der Waals surface area contributed by atoms with Gasteiger partial charge in [-0.1, -0.05) is 262 Å². The lowest BCUT2D eigenvalue weighted by Crippen LogP contribution is -2.30. The fourth-order valence-corrected chi connectivity index (χ4v) is 8.74. The van der Waals surface area contributed by atoms with E-state index >= 15 is 0 Å². The largest absolute Gasteiger partial charge is 0.462 e. The summed E-state index contributed by atoms with van der Waals surface area (Å²) in [6, 6.07) is 0. The smallest absolute Gasteiger partial charge is 0.306 e. The number of allylic oxidation sites excluding steroid dienone is 8. The molecule has 0 rings (SSSR count). The van der Waals surface area contributed by atoms with Gasteiger partial charge >= 0.3 is 17.9 Å². The van der Waals surface area contributed by atoms with Crippen molar-refractivity contribution in [3.8, 4) is 0 Å². The third kappa shape index (κ3) is 56.2. The highest BCUT2D eigenvalue weighted by Gasteiger charge is 2.19. The van der Waals surface area contributed by atoms with Gasteiger partial charge < -0.3 is 14.2 Å². The Kier molecular flexibility index (Phi) is 55.7. The zero-order chi connectivity index (χ0) is 50.0. The molecule has 0 amide bonds. The number of esters is 3. The molecule has 0 spiro atoms. The highest BCUT2D eigenvalue weighted by molar-refractivity contribution is 5.71. The summed E-state index contributed by atoms with van der Waals surface area (Å²) in [5, 5.41) is 0. The summed E-state index contributed by atoms with van der Waals surface area (Å²) in [6.45, 7) is 6.64. The Morgan fingerprint density at radius 1 is 0.290 bits per heavy atom. The molecule has 69 heavy (non-hydrogen) atoms. The Morgan fingerprint density at radius 2 is 0.522 bits per heavy atom. The van der Waals surface area contributed by atoms with Crippen LogP contribution in [0.5, 0.6) is 0 Å². The molecule has 0 aromatic carbocycles. The second kappa shape index (κ2) is 57.9. The topological polar surface area (TPSA) is 78.9 Å². The summed E-state index contributed by atoms with van der Waals surface area (Å²) in [7, 11) is 0. The van der Waals surface area contributed by atoms with Crippen molar-refractivity contribution in [3.63, 3.8) is 0 Å². The standard InChI is InChI=1S/C63H114O6/c1-4-7-10-13-16-19-22-24-26-27-28-29-30-31-32-33-34-35-37-38-41-44-47-50-53-56-62(65)68-59-60(58-67-61(64)55-52-49-46-43-40-21-18-15-12-9-6-3)69-63(66)57-54-51-48-45-42-39-36-25-23-20-17-14-11-8-5-2/h22,24-25,27-28,30-31,36,60H,4-21,23,26,29,32-35,37-59H2,1-3H3/b24-22-,28-27-,31-30-,36-25-. The van der Waals surface area contributed by atoms with Gasteiger partial charge in [0.15, 0.2) is 6.10 Å². The van der Waals surface area contributed by atoms with Crippen LogP contribution >= 0.6 is 0 Å². The number of hydrogen-bond acceptors (Lipinski definition) is 6. The molecule has 6 nitrogen and oxygen atoms in total. The molecule has 0 saturated heterocycles. The van der Waals surface area contributed by atoms with E-state index in [1.165, 1.54) is 199 Å². The van der Waals surface area contributed by atoms with E-state index in [1.807, 2.05) is 0 Å². The van der Waals surface area contributed by atoms with Gasteiger partial charge in [0, 0.05) is 19.3 Å². The van der Waals surface area contributed by atoms with Crippen LogP contribution in [-0.4, -0.2) is 37.2 Å². The zero-order valence-corrected chi connectivity index (χ0v) is 46.1. The van der Waals surface area contributed by atoms with Crippen LogP contribution in [0.15, 0.2) is 48.6 Å². The van der Waals surface area contributed by atoms with Crippen LogP contribution in [0.25, 0.3) is 0 Å². The molecule has 1 unspecified atom stereocenters. The highest BCUT2D eigenvalue weighted by atomic mass is 16.6. The van der Waals surface area contributed by atoms with Crippen LogP contribution < -0.4 is 0 Å². The average Bonchev–Trinajstić information content (AvgIpc) is 3.35. The Labute approximate surface area is 428 Å². The molecule has 0 aliphatic carbocycles. The Balaban J connectivity index is 4.25. The quantitative estimate of drug-likeness (QED) is 0.0262. The highest BCUT2D eigenvalue weighted by Crippen LogP contribution is 2.16. The minimum absolute atomic E-state index is 0.0745. The number of unbranched alkanes of at least 4 members (excludes halogenated alkanes) is 36. The molecule has 6 heteroatoms. The summed E-state index contributed by atoms with van der Waals surface area (Å²) in [6.07, 6.45) is 71.1. The molecular formula is C63H114O6. The average molecular weight is 968 g/mol. The molecule has 0 aliphatic heterocycles. The zero-order valence-electron chi connectivity index (χ0n) is 46.1. The van der Waals surface area contributed by atoms with Gasteiger partial charge in [-0.3, -0.25) is 14.4 Å². The first-order valence-corrected chi connectivity index (χ1v) is 30.1. The lowest BCUT2D eigenvalue weighted by molar-refractivity contribution is -0.167. The van der Waals surface area contributed by atoms with E-state index in [-0.39, 0.29) is 31.1 Å². The molecule has 0 saturated carbocycles. The number of carbonyl (C=O) groups is 3. The van der Waals surface area contributed by atoms with Gasteiger partial charge in [-0.2, -0.15) is 0 Å². The fourth-order valence-electron chi connectivity index (χ4n) is 8.74. The lowest BCUT2D eigenvalue weighted by Gasteiger charge is -2.18. The van der Waals surface area contributed by atoms with E-state index in [0.717, 1.165) is 77.0 Å². The van der Waals surface area contributed by atoms with Crippen molar-refractivity contribution in [1.29, 1.82) is 0 Å². The minimum Gasteiger partial charge on any atom is -0.462 e. The Hall–Kier alpha value is -2.63. The molecule has 0 radical (unpaired) electrons.